The molecular formula is C24H14Cl3N3. The molecule has 2 aromatic heterocycles. The molecule has 5 aromatic rings. The van der Waals surface area contributed by atoms with Crippen LogP contribution in [0, 0.1) is 0 Å². The first kappa shape index (κ1) is 19.1. The third-order valence-electron chi connectivity index (χ3n) is 4.88. The van der Waals surface area contributed by atoms with Crippen molar-refractivity contribution in [3.8, 4) is 33.8 Å². The zero-order valence-electron chi connectivity index (χ0n) is 15.6. The summed E-state index contributed by atoms with van der Waals surface area (Å²) in [5.41, 5.74) is 6.02. The molecule has 0 aliphatic carbocycles. The minimum Gasteiger partial charge on any atom is -0.295 e. The summed E-state index contributed by atoms with van der Waals surface area (Å²) in [4.78, 5) is 9.46. The number of hydrogen-bond acceptors (Lipinski definition) is 2. The molecule has 0 unspecified atom stereocenters. The van der Waals surface area contributed by atoms with Crippen molar-refractivity contribution in [2.45, 2.75) is 0 Å². The topological polar surface area (TPSA) is 30.2 Å². The summed E-state index contributed by atoms with van der Waals surface area (Å²) in [7, 11) is 0. The first-order chi connectivity index (χ1) is 14.6. The highest BCUT2D eigenvalue weighted by atomic mass is 35.5. The highest BCUT2D eigenvalue weighted by Gasteiger charge is 2.19. The normalized spacial score (nSPS) is 11.2. The van der Waals surface area contributed by atoms with Crippen molar-refractivity contribution in [3.63, 3.8) is 0 Å². The van der Waals surface area contributed by atoms with Gasteiger partial charge in [0.2, 0.25) is 0 Å². The van der Waals surface area contributed by atoms with E-state index in [0.29, 0.717) is 15.1 Å². The van der Waals surface area contributed by atoms with Gasteiger partial charge in [-0.15, -0.1) is 0 Å². The average molecular weight is 451 g/mol. The molecule has 0 aliphatic rings. The third-order valence-corrected chi connectivity index (χ3v) is 5.68. The van der Waals surface area contributed by atoms with Gasteiger partial charge in [0.15, 0.2) is 5.65 Å². The molecule has 2 heterocycles. The summed E-state index contributed by atoms with van der Waals surface area (Å²) in [6.45, 7) is 0. The van der Waals surface area contributed by atoms with Crippen molar-refractivity contribution < 1.29 is 0 Å². The van der Waals surface area contributed by atoms with Crippen molar-refractivity contribution in [1.82, 2.24) is 14.4 Å². The SMILES string of the molecule is Clc1ccc(-c2nc3cnc(-c4ccccc4)cn3c2-c2ccc(Cl)cc2Cl)cc1. The molecule has 146 valence electrons. The zero-order chi connectivity index (χ0) is 20.7. The Balaban J connectivity index is 1.81. The number of imidazole rings is 1. The summed E-state index contributed by atoms with van der Waals surface area (Å²) in [6, 6.07) is 23.1. The maximum Gasteiger partial charge on any atom is 0.156 e. The lowest BCUT2D eigenvalue weighted by Crippen LogP contribution is -1.94. The van der Waals surface area contributed by atoms with Crippen LogP contribution in [-0.2, 0) is 0 Å². The fourth-order valence-electron chi connectivity index (χ4n) is 3.46. The summed E-state index contributed by atoms with van der Waals surface area (Å²) < 4.78 is 2.02. The van der Waals surface area contributed by atoms with Crippen LogP contribution in [0.4, 0.5) is 0 Å². The van der Waals surface area contributed by atoms with Crippen LogP contribution in [0.15, 0.2) is 85.2 Å². The van der Waals surface area contributed by atoms with Crippen LogP contribution in [-0.4, -0.2) is 14.4 Å². The van der Waals surface area contributed by atoms with Gasteiger partial charge < -0.3 is 0 Å². The van der Waals surface area contributed by atoms with Gasteiger partial charge in [0.1, 0.15) is 0 Å². The largest absolute Gasteiger partial charge is 0.295 e. The molecule has 0 saturated heterocycles. The van der Waals surface area contributed by atoms with E-state index in [1.165, 1.54) is 0 Å². The summed E-state index contributed by atoms with van der Waals surface area (Å²) >= 11 is 18.8. The minimum absolute atomic E-state index is 0.553. The first-order valence-corrected chi connectivity index (χ1v) is 10.4. The third kappa shape index (κ3) is 3.46. The molecule has 0 spiro atoms. The van der Waals surface area contributed by atoms with E-state index in [1.54, 1.807) is 12.3 Å². The quantitative estimate of drug-likeness (QED) is 0.282. The molecule has 6 heteroatoms. The Morgan fingerprint density at radius 3 is 2.20 bits per heavy atom. The summed E-state index contributed by atoms with van der Waals surface area (Å²) in [5, 5.41) is 1.80. The Labute approximate surface area is 188 Å². The van der Waals surface area contributed by atoms with Gasteiger partial charge in [0.05, 0.1) is 28.3 Å². The highest BCUT2D eigenvalue weighted by molar-refractivity contribution is 6.36. The van der Waals surface area contributed by atoms with Gasteiger partial charge in [0.25, 0.3) is 0 Å². The lowest BCUT2D eigenvalue weighted by atomic mass is 10.0. The zero-order valence-corrected chi connectivity index (χ0v) is 17.8. The summed E-state index contributed by atoms with van der Waals surface area (Å²) in [6.07, 6.45) is 3.76. The fourth-order valence-corrected chi connectivity index (χ4v) is 4.08. The van der Waals surface area contributed by atoms with E-state index in [1.807, 2.05) is 77.3 Å². The average Bonchev–Trinajstić information content (AvgIpc) is 3.13. The number of rotatable bonds is 3. The lowest BCUT2D eigenvalue weighted by molar-refractivity contribution is 1.13. The molecule has 5 rings (SSSR count). The van der Waals surface area contributed by atoms with Crippen LogP contribution in [0.3, 0.4) is 0 Å². The van der Waals surface area contributed by atoms with Gasteiger partial charge in [-0.05, 0) is 30.3 Å². The van der Waals surface area contributed by atoms with Gasteiger partial charge in [0, 0.05) is 32.9 Å². The monoisotopic (exact) mass is 449 g/mol. The Bertz CT molecular complexity index is 1360. The lowest BCUT2D eigenvalue weighted by Gasteiger charge is -2.09. The molecule has 0 bridgehead atoms. The molecule has 3 aromatic carbocycles. The van der Waals surface area contributed by atoms with Gasteiger partial charge in [-0.25, -0.2) is 4.98 Å². The number of benzene rings is 3. The van der Waals surface area contributed by atoms with Crippen LogP contribution >= 0.6 is 34.8 Å². The molecular weight excluding hydrogens is 437 g/mol. The van der Waals surface area contributed by atoms with Crippen LogP contribution in [0.25, 0.3) is 39.4 Å². The Kier molecular flexibility index (Phi) is 4.95. The second kappa shape index (κ2) is 7.77. The van der Waals surface area contributed by atoms with Gasteiger partial charge in [-0.2, -0.15) is 0 Å². The van der Waals surface area contributed by atoms with Crippen LogP contribution < -0.4 is 0 Å². The molecule has 0 fully saturated rings. The molecule has 0 amide bonds. The van der Waals surface area contributed by atoms with E-state index in [-0.39, 0.29) is 0 Å². The number of aromatic nitrogens is 3. The first-order valence-electron chi connectivity index (χ1n) is 9.25. The molecule has 0 N–H and O–H groups in total. The van der Waals surface area contributed by atoms with Crippen LogP contribution in [0.1, 0.15) is 0 Å². The van der Waals surface area contributed by atoms with Crippen LogP contribution in [0.5, 0.6) is 0 Å². The molecule has 0 saturated carbocycles. The maximum atomic E-state index is 6.60. The van der Waals surface area contributed by atoms with E-state index < -0.39 is 0 Å². The van der Waals surface area contributed by atoms with Crippen LogP contribution in [0.2, 0.25) is 15.1 Å². The smallest absolute Gasteiger partial charge is 0.156 e. The Morgan fingerprint density at radius 2 is 1.47 bits per heavy atom. The van der Waals surface area contributed by atoms with Crippen molar-refractivity contribution >= 4 is 40.4 Å². The molecule has 3 nitrogen and oxygen atoms in total. The van der Waals surface area contributed by atoms with E-state index in [4.69, 9.17) is 39.8 Å². The molecule has 0 aliphatic heterocycles. The van der Waals surface area contributed by atoms with Crippen molar-refractivity contribution in [2.24, 2.45) is 0 Å². The second-order valence-electron chi connectivity index (χ2n) is 6.81. The van der Waals surface area contributed by atoms with Crippen molar-refractivity contribution in [3.05, 3.63) is 100 Å². The number of nitrogens with zero attached hydrogens (tertiary/aromatic N) is 3. The number of fused-ring (bicyclic) bond motifs is 1. The van der Waals surface area contributed by atoms with Crippen molar-refractivity contribution in [1.29, 1.82) is 0 Å². The Hall–Kier alpha value is -2.85. The Morgan fingerprint density at radius 1 is 0.733 bits per heavy atom. The number of halogens is 3. The minimum atomic E-state index is 0.553. The fraction of sp³-hybridized carbons (Fsp3) is 0. The maximum absolute atomic E-state index is 6.60. The highest BCUT2D eigenvalue weighted by Crippen LogP contribution is 2.38. The molecule has 0 atom stereocenters. The van der Waals surface area contributed by atoms with Gasteiger partial charge in [-0.1, -0.05) is 77.3 Å². The van der Waals surface area contributed by atoms with E-state index in [2.05, 4.69) is 4.98 Å². The number of hydrogen-bond donors (Lipinski definition) is 0. The van der Waals surface area contributed by atoms with E-state index in [9.17, 15) is 0 Å². The van der Waals surface area contributed by atoms with E-state index in [0.717, 1.165) is 39.4 Å². The predicted octanol–water partition coefficient (Wildman–Crippen LogP) is 7.69. The standard InChI is InChI=1S/C24H14Cl3N3/c25-17-8-6-16(7-9-17)23-24(19-11-10-18(26)12-20(19)27)30-14-21(28-13-22(30)29-23)15-4-2-1-3-5-15/h1-14H. The molecule has 30 heavy (non-hydrogen) atoms. The van der Waals surface area contributed by atoms with Gasteiger partial charge >= 0.3 is 0 Å². The van der Waals surface area contributed by atoms with Crippen molar-refractivity contribution in [2.75, 3.05) is 0 Å². The van der Waals surface area contributed by atoms with E-state index >= 15 is 0 Å². The predicted molar refractivity (Wildman–Crippen MR) is 124 cm³/mol. The second-order valence-corrected chi connectivity index (χ2v) is 8.09. The van der Waals surface area contributed by atoms with Gasteiger partial charge in [-0.3, -0.25) is 9.38 Å². The molecule has 0 radical (unpaired) electrons. The summed E-state index contributed by atoms with van der Waals surface area (Å²) in [5.74, 6) is 0.